The number of hydrogen-bond acceptors (Lipinski definition) is 2. The van der Waals surface area contributed by atoms with Crippen LogP contribution in [0.25, 0.3) is 11.0 Å². The fourth-order valence-electron chi connectivity index (χ4n) is 1.81. The lowest BCUT2D eigenvalue weighted by Gasteiger charge is -2.15. The normalized spacial score (nSPS) is 14.2. The number of alkyl halides is 3. The summed E-state index contributed by atoms with van der Waals surface area (Å²) in [5.41, 5.74) is 4.18. The Hall–Kier alpha value is -1.63. The zero-order valence-electron chi connectivity index (χ0n) is 9.11. The Kier molecular flexibility index (Phi) is 2.81. The number of benzene rings is 1. The van der Waals surface area contributed by atoms with Crippen LogP contribution in [0.1, 0.15) is 17.4 Å². The van der Waals surface area contributed by atoms with Crippen LogP contribution in [0, 0.1) is 18.6 Å². The summed E-state index contributed by atoms with van der Waals surface area (Å²) in [4.78, 5) is 0. The fraction of sp³-hybridized carbons (Fsp3) is 0.273. The molecule has 0 radical (unpaired) electrons. The Morgan fingerprint density at radius 3 is 2.39 bits per heavy atom. The second-order valence-electron chi connectivity index (χ2n) is 3.86. The van der Waals surface area contributed by atoms with Gasteiger partial charge in [0.25, 0.3) is 0 Å². The minimum Gasteiger partial charge on any atom is -0.458 e. The molecule has 0 aliphatic rings. The van der Waals surface area contributed by atoms with Crippen LogP contribution < -0.4 is 5.73 Å². The van der Waals surface area contributed by atoms with E-state index in [0.29, 0.717) is 6.07 Å². The van der Waals surface area contributed by atoms with Gasteiger partial charge in [0, 0.05) is 17.0 Å². The molecule has 2 nitrogen and oxygen atoms in total. The van der Waals surface area contributed by atoms with E-state index in [9.17, 15) is 22.0 Å². The molecule has 0 unspecified atom stereocenters. The Balaban J connectivity index is 2.75. The summed E-state index contributed by atoms with van der Waals surface area (Å²) in [7, 11) is 0. The molecule has 0 spiro atoms. The van der Waals surface area contributed by atoms with Crippen molar-refractivity contribution in [2.45, 2.75) is 19.1 Å². The first-order valence-electron chi connectivity index (χ1n) is 4.92. The highest BCUT2D eigenvalue weighted by Gasteiger charge is 2.41. The average Bonchev–Trinajstić information content (AvgIpc) is 2.52. The summed E-state index contributed by atoms with van der Waals surface area (Å²) < 4.78 is 69.0. The van der Waals surface area contributed by atoms with Crippen molar-refractivity contribution in [1.82, 2.24) is 0 Å². The Morgan fingerprint density at radius 2 is 1.83 bits per heavy atom. The highest BCUT2D eigenvalue weighted by molar-refractivity contribution is 5.83. The molecule has 1 heterocycles. The average molecular weight is 265 g/mol. The molecule has 0 aliphatic heterocycles. The summed E-state index contributed by atoms with van der Waals surface area (Å²) in [6.45, 7) is 1.22. The zero-order chi connectivity index (χ0) is 13.7. The second-order valence-corrected chi connectivity index (χ2v) is 3.86. The van der Waals surface area contributed by atoms with Crippen LogP contribution in [-0.2, 0) is 0 Å². The van der Waals surface area contributed by atoms with E-state index in [1.165, 1.54) is 6.92 Å². The number of fused-ring (bicyclic) bond motifs is 1. The highest BCUT2D eigenvalue weighted by atomic mass is 19.4. The van der Waals surface area contributed by atoms with E-state index in [1.807, 2.05) is 0 Å². The fourth-order valence-corrected chi connectivity index (χ4v) is 1.81. The van der Waals surface area contributed by atoms with Crippen LogP contribution in [0.3, 0.4) is 0 Å². The van der Waals surface area contributed by atoms with Gasteiger partial charge in [-0.2, -0.15) is 13.2 Å². The molecular formula is C11H8F5NO. The molecule has 18 heavy (non-hydrogen) atoms. The molecule has 1 atom stereocenters. The van der Waals surface area contributed by atoms with Crippen LogP contribution in [-0.4, -0.2) is 6.18 Å². The SMILES string of the molecule is Cc1oc2c(F)cc(F)cc2c1[C@@H](N)C(F)(F)F. The number of halogens is 5. The summed E-state index contributed by atoms with van der Waals surface area (Å²) in [6.07, 6.45) is -4.72. The van der Waals surface area contributed by atoms with Crippen molar-refractivity contribution in [1.29, 1.82) is 0 Å². The van der Waals surface area contributed by atoms with Crippen molar-refractivity contribution in [2.75, 3.05) is 0 Å². The van der Waals surface area contributed by atoms with Gasteiger partial charge in [-0.3, -0.25) is 0 Å². The number of nitrogens with two attached hydrogens (primary N) is 1. The van der Waals surface area contributed by atoms with E-state index >= 15 is 0 Å². The molecule has 0 saturated carbocycles. The maximum atomic E-state index is 13.3. The zero-order valence-corrected chi connectivity index (χ0v) is 9.11. The lowest BCUT2D eigenvalue weighted by Crippen LogP contribution is -2.28. The third-order valence-corrected chi connectivity index (χ3v) is 2.60. The van der Waals surface area contributed by atoms with E-state index in [2.05, 4.69) is 0 Å². The molecule has 2 aromatic rings. The van der Waals surface area contributed by atoms with Gasteiger partial charge in [-0.15, -0.1) is 0 Å². The summed E-state index contributed by atoms with van der Waals surface area (Å²) >= 11 is 0. The summed E-state index contributed by atoms with van der Waals surface area (Å²) in [6, 6.07) is -1.04. The first-order chi connectivity index (χ1) is 8.21. The smallest absolute Gasteiger partial charge is 0.407 e. The second kappa shape index (κ2) is 3.94. The monoisotopic (exact) mass is 265 g/mol. The first-order valence-corrected chi connectivity index (χ1v) is 4.92. The van der Waals surface area contributed by atoms with Crippen molar-refractivity contribution in [2.24, 2.45) is 5.73 Å². The molecule has 7 heteroatoms. The summed E-state index contributed by atoms with van der Waals surface area (Å²) in [5.74, 6) is -2.23. The van der Waals surface area contributed by atoms with Gasteiger partial charge in [0.2, 0.25) is 0 Å². The van der Waals surface area contributed by atoms with Crippen LogP contribution in [0.4, 0.5) is 22.0 Å². The highest BCUT2D eigenvalue weighted by Crippen LogP contribution is 2.38. The molecule has 98 valence electrons. The summed E-state index contributed by atoms with van der Waals surface area (Å²) in [5, 5.41) is -0.296. The molecule has 0 fully saturated rings. The standard InChI is InChI=1S/C11H8F5NO/c1-4-8(10(17)11(14,15)16)6-2-5(12)3-7(13)9(6)18-4/h2-3,10H,17H2,1H3/t10-/m1/s1. The molecule has 0 aliphatic carbocycles. The van der Waals surface area contributed by atoms with Crippen LogP contribution >= 0.6 is 0 Å². The third kappa shape index (κ3) is 1.94. The van der Waals surface area contributed by atoms with Gasteiger partial charge in [-0.25, -0.2) is 8.78 Å². The lowest BCUT2D eigenvalue weighted by molar-refractivity contribution is -0.149. The van der Waals surface area contributed by atoms with Crippen molar-refractivity contribution in [3.63, 3.8) is 0 Å². The van der Waals surface area contributed by atoms with Gasteiger partial charge in [0.05, 0.1) is 0 Å². The number of hydrogen-bond donors (Lipinski definition) is 1. The van der Waals surface area contributed by atoms with Crippen molar-refractivity contribution in [3.05, 3.63) is 35.1 Å². The Bertz CT molecular complexity index is 601. The predicted octanol–water partition coefficient (Wildman–Crippen LogP) is 3.58. The van der Waals surface area contributed by atoms with E-state index in [0.717, 1.165) is 6.07 Å². The number of furan rings is 1. The van der Waals surface area contributed by atoms with E-state index in [-0.39, 0.29) is 11.1 Å². The van der Waals surface area contributed by atoms with Gasteiger partial charge >= 0.3 is 6.18 Å². The van der Waals surface area contributed by atoms with Crippen LogP contribution in [0.15, 0.2) is 16.5 Å². The van der Waals surface area contributed by atoms with Gasteiger partial charge in [0.1, 0.15) is 17.6 Å². The molecule has 0 saturated heterocycles. The molecule has 0 bridgehead atoms. The molecule has 0 amide bonds. The van der Waals surface area contributed by atoms with Gasteiger partial charge in [-0.1, -0.05) is 0 Å². The van der Waals surface area contributed by atoms with E-state index in [1.54, 1.807) is 0 Å². The van der Waals surface area contributed by atoms with Gasteiger partial charge < -0.3 is 10.2 Å². The Morgan fingerprint density at radius 1 is 1.22 bits per heavy atom. The van der Waals surface area contributed by atoms with Gasteiger partial charge in [0.15, 0.2) is 11.4 Å². The first kappa shape index (κ1) is 12.8. The Labute approximate surface area is 98.2 Å². The number of rotatable bonds is 1. The maximum Gasteiger partial charge on any atom is 0.407 e. The third-order valence-electron chi connectivity index (χ3n) is 2.60. The van der Waals surface area contributed by atoms with E-state index < -0.39 is 35.0 Å². The van der Waals surface area contributed by atoms with Crippen LogP contribution in [0.2, 0.25) is 0 Å². The molecule has 2 rings (SSSR count). The molecule has 1 aromatic heterocycles. The quantitative estimate of drug-likeness (QED) is 0.800. The maximum absolute atomic E-state index is 13.3. The van der Waals surface area contributed by atoms with Crippen molar-refractivity contribution >= 4 is 11.0 Å². The van der Waals surface area contributed by atoms with Crippen molar-refractivity contribution in [3.8, 4) is 0 Å². The predicted molar refractivity (Wildman–Crippen MR) is 53.9 cm³/mol. The minimum absolute atomic E-state index is 0.181. The number of aryl methyl sites for hydroxylation is 1. The minimum atomic E-state index is -4.72. The van der Waals surface area contributed by atoms with Gasteiger partial charge in [-0.05, 0) is 13.0 Å². The van der Waals surface area contributed by atoms with E-state index in [4.69, 9.17) is 10.2 Å². The lowest BCUT2D eigenvalue weighted by atomic mass is 10.0. The van der Waals surface area contributed by atoms with Crippen LogP contribution in [0.5, 0.6) is 0 Å². The largest absolute Gasteiger partial charge is 0.458 e. The molecular weight excluding hydrogens is 257 g/mol. The molecule has 1 aromatic carbocycles. The topological polar surface area (TPSA) is 39.2 Å². The molecule has 2 N–H and O–H groups in total. The van der Waals surface area contributed by atoms with Crippen molar-refractivity contribution < 1.29 is 26.4 Å².